The third kappa shape index (κ3) is 4.57. The van der Waals surface area contributed by atoms with Crippen LogP contribution in [0.4, 0.5) is 26.3 Å². The normalized spacial score (nSPS) is 18.6. The number of hydrogen-bond acceptors (Lipinski definition) is 5. The van der Waals surface area contributed by atoms with E-state index < -0.39 is 42.8 Å². The summed E-state index contributed by atoms with van der Waals surface area (Å²) in [6.45, 7) is -0.362. The van der Waals surface area contributed by atoms with E-state index in [9.17, 15) is 31.1 Å². The van der Waals surface area contributed by atoms with Gasteiger partial charge in [-0.15, -0.1) is 0 Å². The molecule has 1 amide bonds. The number of carbonyl (C=O) groups excluding carboxylic acids is 1. The molecule has 2 aromatic rings. The lowest BCUT2D eigenvalue weighted by atomic mass is 10.0. The van der Waals surface area contributed by atoms with Gasteiger partial charge >= 0.3 is 12.4 Å². The van der Waals surface area contributed by atoms with Crippen LogP contribution in [0.3, 0.4) is 0 Å². The second kappa shape index (κ2) is 7.50. The van der Waals surface area contributed by atoms with Crippen LogP contribution in [0.5, 0.6) is 0 Å². The first-order valence-corrected chi connectivity index (χ1v) is 9.07. The molecule has 156 valence electrons. The summed E-state index contributed by atoms with van der Waals surface area (Å²) in [5.41, 5.74) is -1.47. The lowest BCUT2D eigenvalue weighted by Crippen LogP contribution is -2.27. The third-order valence-corrected chi connectivity index (χ3v) is 5.23. The Morgan fingerprint density at radius 2 is 1.96 bits per heavy atom. The molecule has 0 radical (unpaired) electrons. The van der Waals surface area contributed by atoms with E-state index in [0.717, 1.165) is 20.8 Å². The van der Waals surface area contributed by atoms with Crippen molar-refractivity contribution in [3.05, 3.63) is 16.4 Å². The first-order chi connectivity index (χ1) is 13.0. The van der Waals surface area contributed by atoms with Gasteiger partial charge in [0.05, 0.1) is 18.8 Å². The Morgan fingerprint density at radius 1 is 1.25 bits per heavy atom. The Bertz CT molecular complexity index is 859. The molecule has 1 atom stereocenters. The maximum absolute atomic E-state index is 13.4. The molecule has 0 N–H and O–H groups in total. The molecular weight excluding hydrogens is 414 g/mol. The Morgan fingerprint density at radius 3 is 2.57 bits per heavy atom. The number of alkyl halides is 6. The van der Waals surface area contributed by atoms with Gasteiger partial charge in [0.2, 0.25) is 10.9 Å². The largest absolute Gasteiger partial charge is 0.435 e. The summed E-state index contributed by atoms with van der Waals surface area (Å²) < 4.78 is 83.2. The van der Waals surface area contributed by atoms with Crippen molar-refractivity contribution in [2.45, 2.75) is 44.8 Å². The number of rotatable bonds is 6. The summed E-state index contributed by atoms with van der Waals surface area (Å²) in [5, 5.41) is 4.47. The lowest BCUT2D eigenvalue weighted by Gasteiger charge is -2.17. The van der Waals surface area contributed by atoms with Crippen molar-refractivity contribution in [2.24, 2.45) is 5.92 Å². The van der Waals surface area contributed by atoms with Crippen LogP contribution in [-0.4, -0.2) is 45.2 Å². The average molecular weight is 430 g/mol. The summed E-state index contributed by atoms with van der Waals surface area (Å²) in [5.74, 6) is -1.03. The average Bonchev–Trinajstić information content (AvgIpc) is 3.19. The zero-order chi connectivity index (χ0) is 20.7. The maximum atomic E-state index is 13.4. The number of fused-ring (bicyclic) bond motifs is 1. The fraction of sp³-hybridized carbons (Fsp3) is 0.667. The monoisotopic (exact) mass is 430 g/mol. The molecule has 1 aliphatic heterocycles. The highest BCUT2D eigenvalue weighted by atomic mass is 32.1. The fourth-order valence-corrected chi connectivity index (χ4v) is 4.01. The zero-order valence-corrected chi connectivity index (χ0v) is 15.4. The number of ether oxygens (including phenoxy) is 1. The molecule has 0 bridgehead atoms. The van der Waals surface area contributed by atoms with Crippen molar-refractivity contribution in [1.82, 2.24) is 19.5 Å². The van der Waals surface area contributed by atoms with Gasteiger partial charge in [0, 0.05) is 26.5 Å². The molecule has 3 rings (SSSR count). The Kier molecular flexibility index (Phi) is 5.58. The lowest BCUT2D eigenvalue weighted by molar-refractivity contribution is -0.142. The zero-order valence-electron chi connectivity index (χ0n) is 14.6. The van der Waals surface area contributed by atoms with Crippen LogP contribution >= 0.6 is 11.3 Å². The summed E-state index contributed by atoms with van der Waals surface area (Å²) in [6, 6.07) is 0. The standard InChI is InChI=1S/C15H16F6N4O2S/c1-27-7-10-23-25-9(12(15(19,20)21)22-13(25)28-10)6-24-5-8(4-11(24)26)2-3-14(16,17)18/h8H,2-7H2,1H3/t8-/m1/s1. The van der Waals surface area contributed by atoms with E-state index in [1.54, 1.807) is 0 Å². The molecule has 1 fully saturated rings. The first kappa shape index (κ1) is 20.8. The quantitative estimate of drug-likeness (QED) is 0.657. The first-order valence-electron chi connectivity index (χ1n) is 8.26. The van der Waals surface area contributed by atoms with Crippen LogP contribution in [-0.2, 0) is 28.9 Å². The van der Waals surface area contributed by atoms with Gasteiger partial charge < -0.3 is 9.64 Å². The van der Waals surface area contributed by atoms with E-state index in [0.29, 0.717) is 5.01 Å². The molecule has 0 spiro atoms. The topological polar surface area (TPSA) is 59.7 Å². The minimum absolute atomic E-state index is 0.00893. The van der Waals surface area contributed by atoms with Crippen LogP contribution in [0.2, 0.25) is 0 Å². The minimum atomic E-state index is -4.75. The van der Waals surface area contributed by atoms with Crippen LogP contribution < -0.4 is 0 Å². The highest BCUT2D eigenvalue weighted by molar-refractivity contribution is 7.16. The molecule has 0 saturated carbocycles. The van der Waals surface area contributed by atoms with Crippen molar-refractivity contribution in [2.75, 3.05) is 13.7 Å². The van der Waals surface area contributed by atoms with E-state index in [4.69, 9.17) is 4.74 Å². The Balaban J connectivity index is 1.83. The summed E-state index contributed by atoms with van der Waals surface area (Å²) in [6.07, 6.45) is -10.5. The van der Waals surface area contributed by atoms with Crippen LogP contribution in [0.15, 0.2) is 0 Å². The molecule has 6 nitrogen and oxygen atoms in total. The number of likely N-dealkylation sites (tertiary alicyclic amines) is 1. The van der Waals surface area contributed by atoms with Gasteiger partial charge in [-0.25, -0.2) is 9.50 Å². The number of amides is 1. The summed E-state index contributed by atoms with van der Waals surface area (Å²) in [7, 11) is 1.41. The predicted octanol–water partition coefficient (Wildman–Crippen LogP) is 3.65. The van der Waals surface area contributed by atoms with Crippen LogP contribution in [0, 0.1) is 5.92 Å². The molecule has 3 heterocycles. The van der Waals surface area contributed by atoms with Gasteiger partial charge in [-0.1, -0.05) is 11.3 Å². The fourth-order valence-electron chi connectivity index (χ4n) is 3.13. The summed E-state index contributed by atoms with van der Waals surface area (Å²) >= 11 is 0.930. The molecule has 28 heavy (non-hydrogen) atoms. The third-order valence-electron chi connectivity index (χ3n) is 4.35. The summed E-state index contributed by atoms with van der Waals surface area (Å²) in [4.78, 5) is 16.9. The number of nitrogens with zero attached hydrogens (tertiary/aromatic N) is 4. The maximum Gasteiger partial charge on any atom is 0.435 e. The molecule has 0 aliphatic carbocycles. The van der Waals surface area contributed by atoms with Gasteiger partial charge in [-0.05, 0) is 12.3 Å². The number of aromatic nitrogens is 3. The van der Waals surface area contributed by atoms with E-state index in [1.807, 2.05) is 0 Å². The highest BCUT2D eigenvalue weighted by Crippen LogP contribution is 2.35. The number of imidazole rings is 1. The predicted molar refractivity (Wildman–Crippen MR) is 85.4 cm³/mol. The van der Waals surface area contributed by atoms with Crippen molar-refractivity contribution < 1.29 is 35.9 Å². The molecule has 0 aromatic carbocycles. The van der Waals surface area contributed by atoms with Crippen LogP contribution in [0.25, 0.3) is 4.96 Å². The molecule has 2 aromatic heterocycles. The molecule has 1 saturated heterocycles. The molecule has 1 aliphatic rings. The second-order valence-corrected chi connectivity index (χ2v) is 7.57. The number of carbonyl (C=O) groups is 1. The van der Waals surface area contributed by atoms with Crippen LogP contribution in [0.1, 0.15) is 35.7 Å². The van der Waals surface area contributed by atoms with E-state index in [-0.39, 0.29) is 36.6 Å². The molecule has 13 heteroatoms. The second-order valence-electron chi connectivity index (χ2n) is 6.53. The number of methoxy groups -OCH3 is 1. The minimum Gasteiger partial charge on any atom is -0.377 e. The van der Waals surface area contributed by atoms with Gasteiger partial charge in [0.25, 0.3) is 0 Å². The molecular formula is C15H16F6N4O2S. The number of hydrogen-bond donors (Lipinski definition) is 0. The van der Waals surface area contributed by atoms with Crippen molar-refractivity contribution in [1.29, 1.82) is 0 Å². The van der Waals surface area contributed by atoms with Crippen molar-refractivity contribution in [3.8, 4) is 0 Å². The highest BCUT2D eigenvalue weighted by Gasteiger charge is 2.41. The van der Waals surface area contributed by atoms with Crippen molar-refractivity contribution >= 4 is 22.2 Å². The SMILES string of the molecule is COCc1nn2c(CN3C[C@H](CCC(F)(F)F)CC3=O)c(C(F)(F)F)nc2s1. The van der Waals surface area contributed by atoms with Gasteiger partial charge in [-0.3, -0.25) is 4.79 Å². The number of halogens is 6. The smallest absolute Gasteiger partial charge is 0.377 e. The van der Waals surface area contributed by atoms with E-state index in [2.05, 4.69) is 10.1 Å². The van der Waals surface area contributed by atoms with E-state index >= 15 is 0 Å². The Labute approximate surface area is 159 Å². The van der Waals surface area contributed by atoms with Gasteiger partial charge in [0.15, 0.2) is 5.69 Å². The molecule has 0 unspecified atom stereocenters. The van der Waals surface area contributed by atoms with Gasteiger partial charge in [-0.2, -0.15) is 31.4 Å². The van der Waals surface area contributed by atoms with Gasteiger partial charge in [0.1, 0.15) is 5.01 Å². The van der Waals surface area contributed by atoms with E-state index in [1.165, 1.54) is 7.11 Å². The Hall–Kier alpha value is -1.89. The van der Waals surface area contributed by atoms with Crippen molar-refractivity contribution in [3.63, 3.8) is 0 Å².